The van der Waals surface area contributed by atoms with Gasteiger partial charge in [0.1, 0.15) is 0 Å². The van der Waals surface area contributed by atoms with E-state index in [0.29, 0.717) is 11.6 Å². The monoisotopic (exact) mass is 700 g/mol. The molecule has 0 amide bonds. The van der Waals surface area contributed by atoms with Gasteiger partial charge in [-0.25, -0.2) is 29.9 Å². The smallest absolute Gasteiger partial charge is 0.255 e. The van der Waals surface area contributed by atoms with E-state index in [0.717, 1.165) is 44.6 Å². The third-order valence-electron chi connectivity index (χ3n) is 6.88. The fraction of sp³-hybridized carbons (Fsp3) is 0.0526. The van der Waals surface area contributed by atoms with Crippen molar-refractivity contribution in [2.24, 2.45) is 0 Å². The van der Waals surface area contributed by atoms with E-state index in [1.165, 1.54) is 11.1 Å². The van der Waals surface area contributed by atoms with Crippen molar-refractivity contribution in [1.29, 1.82) is 0 Å². The summed E-state index contributed by atoms with van der Waals surface area (Å²) in [5.74, 6) is 1.11. The number of para-hydroxylation sites is 2. The maximum atomic E-state index is 4.69. The van der Waals surface area contributed by atoms with Crippen LogP contribution in [0.2, 0.25) is 0 Å². The average molecular weight is 700 g/mol. The minimum Gasteiger partial charge on any atom is -0.255 e. The number of pyridine rings is 4. The van der Waals surface area contributed by atoms with Crippen molar-refractivity contribution >= 4 is 21.8 Å². The zero-order chi connectivity index (χ0) is 31.6. The third kappa shape index (κ3) is 8.75. The summed E-state index contributed by atoms with van der Waals surface area (Å²) in [5.41, 5.74) is 8.11. The molecule has 6 heterocycles. The molecule has 0 aliphatic carbocycles. The van der Waals surface area contributed by atoms with Gasteiger partial charge in [0, 0.05) is 48.0 Å². The summed E-state index contributed by atoms with van der Waals surface area (Å²) in [6.45, 7) is 4.11. The Morgan fingerprint density at radius 2 is 0.766 bits per heavy atom. The molecule has 0 saturated carbocycles. The maximum absolute atomic E-state index is 4.69. The number of fused-ring (bicyclic) bond motifs is 2. The van der Waals surface area contributed by atoms with Crippen LogP contribution < -0.4 is 0 Å². The van der Waals surface area contributed by atoms with Crippen molar-refractivity contribution in [3.05, 3.63) is 158 Å². The van der Waals surface area contributed by atoms with Gasteiger partial charge in [-0.15, -0.1) is 0 Å². The first-order valence-corrected chi connectivity index (χ1v) is 14.7. The summed E-state index contributed by atoms with van der Waals surface area (Å²) in [6, 6.07) is 36.1. The van der Waals surface area contributed by atoms with Crippen LogP contribution >= 0.6 is 0 Å². The second kappa shape index (κ2) is 16.1. The van der Waals surface area contributed by atoms with Gasteiger partial charge in [0.05, 0.1) is 33.8 Å². The molecule has 0 fully saturated rings. The van der Waals surface area contributed by atoms with E-state index in [9.17, 15) is 0 Å². The molecule has 0 unspecified atom stereocenters. The minimum absolute atomic E-state index is 0. The van der Waals surface area contributed by atoms with Gasteiger partial charge in [0.15, 0.2) is 11.6 Å². The van der Waals surface area contributed by atoms with Crippen LogP contribution in [0.25, 0.3) is 56.2 Å². The van der Waals surface area contributed by atoms with Crippen LogP contribution in [0.3, 0.4) is 0 Å². The average Bonchev–Trinajstić information content (AvgIpc) is 3.12. The zero-order valence-electron chi connectivity index (χ0n) is 25.8. The summed E-state index contributed by atoms with van der Waals surface area (Å²) in [6.07, 6.45) is 10.3. The van der Waals surface area contributed by atoms with E-state index >= 15 is 0 Å². The molecule has 0 N–H and O–H groups in total. The van der Waals surface area contributed by atoms with Gasteiger partial charge in [-0.05, 0) is 85.6 Å². The normalized spacial score (nSPS) is 10.2. The number of aryl methyl sites for hydroxylation is 2. The Kier molecular flexibility index (Phi) is 11.2. The van der Waals surface area contributed by atoms with Crippen molar-refractivity contribution < 1.29 is 19.5 Å². The molecule has 47 heavy (non-hydrogen) atoms. The standard InChI is InChI=1S/C18H12N2.C12H12N2.C8H6N4.Ru/c1-3-7-15-13(5-1)9-11-17(19-15)18-12-10-14-6-2-4-8-16(14)20-18;1-9-3-5-13-11(7-9)12-8-10(2)4-6-14-12;1-3-9-7(10-4-1)8-11-5-2-6-12-8;/h1-12H;3-8H,1-2H3;1-6H;/q;;;+2. The SMILES string of the molecule is Cc1ccnc(-c2cc(C)ccn2)c1.[Ru+2].c1ccc2nc(-c3ccc4ccccc4n3)ccc2c1.c1cnc(-c2ncccn2)nc1. The molecule has 0 saturated heterocycles. The number of hydrogen-bond acceptors (Lipinski definition) is 8. The molecule has 8 rings (SSSR count). The Labute approximate surface area is 285 Å². The van der Waals surface area contributed by atoms with Crippen LogP contribution in [0, 0.1) is 13.8 Å². The molecule has 0 atom stereocenters. The molecular formula is C38H30N8Ru+2. The Morgan fingerprint density at radius 1 is 0.362 bits per heavy atom. The van der Waals surface area contributed by atoms with E-state index in [-0.39, 0.29) is 19.5 Å². The van der Waals surface area contributed by atoms with Crippen molar-refractivity contribution in [3.8, 4) is 34.4 Å². The quantitative estimate of drug-likeness (QED) is 0.170. The van der Waals surface area contributed by atoms with Gasteiger partial charge in [-0.2, -0.15) is 0 Å². The molecular weight excluding hydrogens is 670 g/mol. The van der Waals surface area contributed by atoms with Gasteiger partial charge in [-0.3, -0.25) is 9.97 Å². The Bertz CT molecular complexity index is 2040. The second-order valence-electron chi connectivity index (χ2n) is 10.4. The largest absolute Gasteiger partial charge is 2.00 e. The van der Waals surface area contributed by atoms with Crippen LogP contribution in [0.5, 0.6) is 0 Å². The summed E-state index contributed by atoms with van der Waals surface area (Å²) in [5, 5.41) is 2.30. The predicted octanol–water partition coefficient (Wildman–Crippen LogP) is 8.14. The third-order valence-corrected chi connectivity index (χ3v) is 6.88. The fourth-order valence-corrected chi connectivity index (χ4v) is 4.60. The summed E-state index contributed by atoms with van der Waals surface area (Å²) >= 11 is 0. The van der Waals surface area contributed by atoms with Crippen molar-refractivity contribution in [2.75, 3.05) is 0 Å². The summed E-state index contributed by atoms with van der Waals surface area (Å²) < 4.78 is 0. The maximum Gasteiger partial charge on any atom is 2.00 e. The van der Waals surface area contributed by atoms with Crippen LogP contribution in [0.4, 0.5) is 0 Å². The number of benzene rings is 2. The molecule has 6 aromatic heterocycles. The Morgan fingerprint density at radius 3 is 1.17 bits per heavy atom. The number of nitrogens with zero attached hydrogens (tertiary/aromatic N) is 8. The Hall–Kier alpha value is -5.66. The van der Waals surface area contributed by atoms with Gasteiger partial charge in [-0.1, -0.05) is 48.5 Å². The van der Waals surface area contributed by atoms with E-state index in [2.05, 4.69) is 78.0 Å². The Balaban J connectivity index is 0.000000143. The summed E-state index contributed by atoms with van der Waals surface area (Å²) in [7, 11) is 0. The minimum atomic E-state index is 0. The number of rotatable bonds is 3. The molecule has 0 radical (unpaired) electrons. The first-order valence-electron chi connectivity index (χ1n) is 14.7. The second-order valence-corrected chi connectivity index (χ2v) is 10.4. The fourth-order valence-electron chi connectivity index (χ4n) is 4.60. The van der Waals surface area contributed by atoms with Crippen molar-refractivity contribution in [1.82, 2.24) is 39.9 Å². The molecule has 8 aromatic rings. The molecule has 9 heteroatoms. The zero-order valence-corrected chi connectivity index (χ0v) is 27.5. The van der Waals surface area contributed by atoms with E-state index in [4.69, 9.17) is 0 Å². The van der Waals surface area contributed by atoms with Crippen LogP contribution in [-0.4, -0.2) is 39.9 Å². The molecule has 0 aliphatic rings. The summed E-state index contributed by atoms with van der Waals surface area (Å²) in [4.78, 5) is 34.0. The molecule has 8 nitrogen and oxygen atoms in total. The van der Waals surface area contributed by atoms with Crippen molar-refractivity contribution in [3.63, 3.8) is 0 Å². The van der Waals surface area contributed by atoms with Gasteiger partial charge in [0.25, 0.3) is 0 Å². The van der Waals surface area contributed by atoms with Crippen molar-refractivity contribution in [2.45, 2.75) is 13.8 Å². The van der Waals surface area contributed by atoms with Gasteiger partial charge < -0.3 is 0 Å². The first kappa shape index (κ1) is 32.7. The number of aromatic nitrogens is 8. The van der Waals surface area contributed by atoms with Crippen LogP contribution in [0.15, 0.2) is 146 Å². The van der Waals surface area contributed by atoms with E-state index in [1.807, 2.05) is 85.2 Å². The van der Waals surface area contributed by atoms with Crippen LogP contribution in [0.1, 0.15) is 11.1 Å². The van der Waals surface area contributed by atoms with Gasteiger partial charge in [0.2, 0.25) is 0 Å². The van der Waals surface area contributed by atoms with Gasteiger partial charge >= 0.3 is 19.5 Å². The van der Waals surface area contributed by atoms with E-state index < -0.39 is 0 Å². The topological polar surface area (TPSA) is 103 Å². The molecule has 0 aliphatic heterocycles. The predicted molar refractivity (Wildman–Crippen MR) is 182 cm³/mol. The first-order chi connectivity index (χ1) is 22.6. The molecule has 228 valence electrons. The molecule has 2 aromatic carbocycles. The van der Waals surface area contributed by atoms with Crippen LogP contribution in [-0.2, 0) is 19.5 Å². The number of hydrogen-bond donors (Lipinski definition) is 0. The van der Waals surface area contributed by atoms with E-state index in [1.54, 1.807) is 36.9 Å². The molecule has 0 spiro atoms. The molecule has 0 bridgehead atoms.